The molecular formula is C25H41N7O5S. The Morgan fingerprint density at radius 3 is 2.13 bits per heavy atom. The van der Waals surface area contributed by atoms with Crippen LogP contribution in [0.1, 0.15) is 38.7 Å². The fourth-order valence-corrected chi connectivity index (χ4v) is 4.01. The largest absolute Gasteiger partial charge is 0.480 e. The van der Waals surface area contributed by atoms with Crippen molar-refractivity contribution in [3.63, 3.8) is 0 Å². The lowest BCUT2D eigenvalue weighted by atomic mass is 10.0. The third-order valence-corrected chi connectivity index (χ3v) is 6.34. The van der Waals surface area contributed by atoms with Crippen molar-refractivity contribution >= 4 is 41.4 Å². The van der Waals surface area contributed by atoms with Crippen molar-refractivity contribution in [2.45, 2.75) is 63.7 Å². The first-order valence-electron chi connectivity index (χ1n) is 12.4. The summed E-state index contributed by atoms with van der Waals surface area (Å²) in [4.78, 5) is 54.5. The number of aliphatic carboxylic acids is 1. The van der Waals surface area contributed by atoms with Crippen LogP contribution in [0.15, 0.2) is 35.3 Å². The molecule has 0 bridgehead atoms. The van der Waals surface area contributed by atoms with Crippen LogP contribution in [-0.4, -0.2) is 77.5 Å². The maximum absolute atomic E-state index is 13.2. The number of amides is 3. The van der Waals surface area contributed by atoms with Gasteiger partial charge in [-0.25, -0.2) is 4.79 Å². The molecule has 12 nitrogen and oxygen atoms in total. The molecule has 0 fully saturated rings. The molecule has 0 aliphatic heterocycles. The molecule has 0 aliphatic carbocycles. The number of carboxylic acids is 1. The van der Waals surface area contributed by atoms with Crippen molar-refractivity contribution in [2.75, 3.05) is 18.6 Å². The molecular weight excluding hydrogens is 510 g/mol. The van der Waals surface area contributed by atoms with Crippen LogP contribution in [0.3, 0.4) is 0 Å². The quantitative estimate of drug-likeness (QED) is 0.0757. The molecule has 0 aromatic heterocycles. The zero-order valence-corrected chi connectivity index (χ0v) is 23.0. The highest BCUT2D eigenvalue weighted by Crippen LogP contribution is 2.09. The smallest absolute Gasteiger partial charge is 0.326 e. The standard InChI is InChI=1S/C25H41N7O5S/c1-15(2)20(32-21(33)17(26)10-7-12-29-25(27)28)23(35)30-18(11-13-38-3)22(34)31-19(24(36)37)14-16-8-5-4-6-9-16/h4-6,8-9,15,17-20H,7,10-14,26H2,1-3H3,(H,30,35)(H,31,34)(H,32,33)(H,36,37)(H4,27,28,29). The molecule has 212 valence electrons. The Balaban J connectivity index is 2.87. The molecule has 38 heavy (non-hydrogen) atoms. The zero-order chi connectivity index (χ0) is 28.7. The van der Waals surface area contributed by atoms with Gasteiger partial charge in [-0.3, -0.25) is 19.4 Å². The van der Waals surface area contributed by atoms with E-state index in [0.717, 1.165) is 5.56 Å². The van der Waals surface area contributed by atoms with Gasteiger partial charge in [0.2, 0.25) is 17.7 Å². The maximum atomic E-state index is 13.2. The van der Waals surface area contributed by atoms with E-state index in [2.05, 4.69) is 20.9 Å². The number of nitrogens with zero attached hydrogens (tertiary/aromatic N) is 1. The number of rotatable bonds is 17. The third-order valence-electron chi connectivity index (χ3n) is 5.69. The number of hydrogen-bond donors (Lipinski definition) is 7. The minimum atomic E-state index is -1.18. The van der Waals surface area contributed by atoms with Gasteiger partial charge in [0.1, 0.15) is 18.1 Å². The molecule has 10 N–H and O–H groups in total. The predicted octanol–water partition coefficient (Wildman–Crippen LogP) is -0.442. The summed E-state index contributed by atoms with van der Waals surface area (Å²) >= 11 is 1.48. The lowest BCUT2D eigenvalue weighted by molar-refractivity contribution is -0.142. The summed E-state index contributed by atoms with van der Waals surface area (Å²) in [6.45, 7) is 3.84. The Morgan fingerprint density at radius 1 is 0.947 bits per heavy atom. The first kappa shape index (κ1) is 32.7. The summed E-state index contributed by atoms with van der Waals surface area (Å²) in [7, 11) is 0. The van der Waals surface area contributed by atoms with Gasteiger partial charge in [-0.15, -0.1) is 0 Å². The molecule has 0 radical (unpaired) electrons. The van der Waals surface area contributed by atoms with E-state index in [1.165, 1.54) is 11.8 Å². The zero-order valence-electron chi connectivity index (χ0n) is 22.2. The number of benzene rings is 1. The van der Waals surface area contributed by atoms with Crippen LogP contribution in [-0.2, 0) is 25.6 Å². The summed E-state index contributed by atoms with van der Waals surface area (Å²) in [5, 5.41) is 17.6. The summed E-state index contributed by atoms with van der Waals surface area (Å²) in [6, 6.07) is 4.96. The minimum absolute atomic E-state index is 0.0469. The number of aliphatic imine (C=N–C) groups is 1. The van der Waals surface area contributed by atoms with Crippen molar-refractivity contribution in [3.8, 4) is 0 Å². The van der Waals surface area contributed by atoms with E-state index in [4.69, 9.17) is 17.2 Å². The molecule has 1 aromatic carbocycles. The minimum Gasteiger partial charge on any atom is -0.480 e. The van der Waals surface area contributed by atoms with Crippen LogP contribution >= 0.6 is 11.8 Å². The molecule has 0 heterocycles. The normalized spacial score (nSPS) is 14.0. The van der Waals surface area contributed by atoms with Crippen molar-refractivity contribution in [2.24, 2.45) is 28.1 Å². The number of carboxylic acid groups (broad SMARTS) is 1. The second-order valence-corrected chi connectivity index (χ2v) is 10.2. The number of nitrogens with two attached hydrogens (primary N) is 3. The fraction of sp³-hybridized carbons (Fsp3) is 0.560. The number of guanidine groups is 1. The van der Waals surface area contributed by atoms with Crippen LogP contribution in [0.25, 0.3) is 0 Å². The average Bonchev–Trinajstić information content (AvgIpc) is 2.86. The van der Waals surface area contributed by atoms with Crippen molar-refractivity contribution in [1.29, 1.82) is 0 Å². The number of carbonyl (C=O) groups is 4. The number of carbonyl (C=O) groups excluding carboxylic acids is 3. The molecule has 13 heteroatoms. The molecule has 1 rings (SSSR count). The second kappa shape index (κ2) is 17.2. The first-order chi connectivity index (χ1) is 18.0. The van der Waals surface area contributed by atoms with Gasteiger partial charge >= 0.3 is 5.97 Å². The highest BCUT2D eigenvalue weighted by atomic mass is 32.2. The van der Waals surface area contributed by atoms with Gasteiger partial charge in [-0.2, -0.15) is 11.8 Å². The highest BCUT2D eigenvalue weighted by Gasteiger charge is 2.31. The average molecular weight is 552 g/mol. The molecule has 3 amide bonds. The van der Waals surface area contributed by atoms with Crippen LogP contribution in [0, 0.1) is 5.92 Å². The van der Waals surface area contributed by atoms with Gasteiger partial charge < -0.3 is 38.3 Å². The second-order valence-electron chi connectivity index (χ2n) is 9.22. The summed E-state index contributed by atoms with van der Waals surface area (Å²) < 4.78 is 0. The molecule has 0 aliphatic rings. The number of nitrogens with one attached hydrogen (secondary N) is 3. The Morgan fingerprint density at radius 2 is 1.58 bits per heavy atom. The van der Waals surface area contributed by atoms with Gasteiger partial charge in [0.05, 0.1) is 6.04 Å². The Bertz CT molecular complexity index is 941. The third kappa shape index (κ3) is 12.3. The van der Waals surface area contributed by atoms with E-state index < -0.39 is 47.9 Å². The van der Waals surface area contributed by atoms with Crippen LogP contribution in [0.5, 0.6) is 0 Å². The van der Waals surface area contributed by atoms with E-state index in [1.807, 2.05) is 12.3 Å². The van der Waals surface area contributed by atoms with Crippen LogP contribution < -0.4 is 33.2 Å². The SMILES string of the molecule is CSCCC(NC(=O)C(NC(=O)C(N)CCCN=C(N)N)C(C)C)C(=O)NC(Cc1ccccc1)C(=O)O. The van der Waals surface area contributed by atoms with Gasteiger partial charge in [-0.05, 0) is 42.8 Å². The van der Waals surface area contributed by atoms with E-state index in [9.17, 15) is 24.3 Å². The summed E-state index contributed by atoms with van der Waals surface area (Å²) in [6.07, 6.45) is 3.02. The number of thioether (sulfide) groups is 1. The van der Waals surface area contributed by atoms with Gasteiger partial charge in [0.15, 0.2) is 5.96 Å². The molecule has 0 spiro atoms. The fourth-order valence-electron chi connectivity index (χ4n) is 3.53. The van der Waals surface area contributed by atoms with Gasteiger partial charge in [-0.1, -0.05) is 44.2 Å². The van der Waals surface area contributed by atoms with Crippen molar-refractivity contribution in [1.82, 2.24) is 16.0 Å². The molecule has 0 saturated heterocycles. The van der Waals surface area contributed by atoms with E-state index in [0.29, 0.717) is 25.1 Å². The lowest BCUT2D eigenvalue weighted by Crippen LogP contribution is -2.58. The molecule has 1 aromatic rings. The summed E-state index contributed by atoms with van der Waals surface area (Å²) in [5.74, 6) is -2.66. The lowest BCUT2D eigenvalue weighted by Gasteiger charge is -2.27. The topological polar surface area (TPSA) is 215 Å². The molecule has 0 saturated carbocycles. The van der Waals surface area contributed by atoms with Crippen LogP contribution in [0.2, 0.25) is 0 Å². The van der Waals surface area contributed by atoms with Crippen LogP contribution in [0.4, 0.5) is 0 Å². The van der Waals surface area contributed by atoms with Gasteiger partial charge in [0, 0.05) is 13.0 Å². The molecule has 4 unspecified atom stereocenters. The Labute approximate surface area is 227 Å². The molecule has 4 atom stereocenters. The first-order valence-corrected chi connectivity index (χ1v) is 13.8. The van der Waals surface area contributed by atoms with Gasteiger partial charge in [0.25, 0.3) is 0 Å². The van der Waals surface area contributed by atoms with E-state index in [1.54, 1.807) is 38.1 Å². The highest BCUT2D eigenvalue weighted by molar-refractivity contribution is 7.98. The Kier molecular flexibility index (Phi) is 14.8. The van der Waals surface area contributed by atoms with E-state index >= 15 is 0 Å². The number of hydrogen-bond acceptors (Lipinski definition) is 7. The van der Waals surface area contributed by atoms with E-state index in [-0.39, 0.29) is 24.7 Å². The predicted molar refractivity (Wildman–Crippen MR) is 149 cm³/mol. The monoisotopic (exact) mass is 551 g/mol. The summed E-state index contributed by atoms with van der Waals surface area (Å²) in [5.41, 5.74) is 17.3. The maximum Gasteiger partial charge on any atom is 0.326 e. The Hall–Kier alpha value is -3.32. The van der Waals surface area contributed by atoms with Crippen molar-refractivity contribution < 1.29 is 24.3 Å². The van der Waals surface area contributed by atoms with Crippen molar-refractivity contribution in [3.05, 3.63) is 35.9 Å².